The van der Waals surface area contributed by atoms with Gasteiger partial charge < -0.3 is 19.7 Å². The van der Waals surface area contributed by atoms with Crippen molar-refractivity contribution in [2.24, 2.45) is 7.05 Å². The van der Waals surface area contributed by atoms with Crippen LogP contribution in [0.2, 0.25) is 5.02 Å². The van der Waals surface area contributed by atoms with Crippen molar-refractivity contribution in [3.63, 3.8) is 0 Å². The summed E-state index contributed by atoms with van der Waals surface area (Å²) in [6.07, 6.45) is 0. The molecule has 0 saturated heterocycles. The Morgan fingerprint density at radius 2 is 2.00 bits per heavy atom. The van der Waals surface area contributed by atoms with Gasteiger partial charge in [0.15, 0.2) is 11.0 Å². The van der Waals surface area contributed by atoms with E-state index in [-0.39, 0.29) is 28.9 Å². The molecule has 8 nitrogen and oxygen atoms in total. The molecule has 0 aliphatic rings. The van der Waals surface area contributed by atoms with Crippen LogP contribution in [-0.2, 0) is 18.4 Å². The molecule has 0 unspecified atom stereocenters. The number of hydrogen-bond acceptors (Lipinski definition) is 6. The fourth-order valence-corrected chi connectivity index (χ4v) is 3.69. The summed E-state index contributed by atoms with van der Waals surface area (Å²) in [5.41, 5.74) is 1.98. The zero-order valence-corrected chi connectivity index (χ0v) is 18.8. The van der Waals surface area contributed by atoms with E-state index < -0.39 is 5.97 Å². The predicted octanol–water partition coefficient (Wildman–Crippen LogP) is 4.09. The zero-order chi connectivity index (χ0) is 22.5. The minimum Gasteiger partial charge on any atom is -0.486 e. The first kappa shape index (κ1) is 22.6. The third kappa shape index (κ3) is 5.77. The van der Waals surface area contributed by atoms with E-state index in [1.165, 1.54) is 17.8 Å². The van der Waals surface area contributed by atoms with Crippen molar-refractivity contribution < 1.29 is 19.4 Å². The summed E-state index contributed by atoms with van der Waals surface area (Å²) in [5, 5.41) is 20.9. The lowest BCUT2D eigenvalue weighted by Gasteiger charge is -2.10. The zero-order valence-electron chi connectivity index (χ0n) is 17.2. The third-order valence-corrected chi connectivity index (χ3v) is 5.91. The van der Waals surface area contributed by atoms with Gasteiger partial charge in [0.1, 0.15) is 12.4 Å². The molecule has 0 atom stereocenters. The molecule has 0 bridgehead atoms. The van der Waals surface area contributed by atoms with Crippen LogP contribution in [0, 0.1) is 13.8 Å². The maximum atomic E-state index is 12.3. The van der Waals surface area contributed by atoms with Crippen LogP contribution in [0.4, 0.5) is 5.69 Å². The van der Waals surface area contributed by atoms with Gasteiger partial charge in [0.05, 0.1) is 16.3 Å². The Bertz CT molecular complexity index is 1130. The molecule has 31 heavy (non-hydrogen) atoms. The maximum absolute atomic E-state index is 12.3. The SMILES string of the molecule is Cc1cccc(OCc2nnc(SCC(=O)Nc3cc(C)c(Cl)c(C(=O)O)c3)n2C)c1. The Morgan fingerprint density at radius 3 is 2.71 bits per heavy atom. The van der Waals surface area contributed by atoms with Crippen LogP contribution in [0.25, 0.3) is 0 Å². The van der Waals surface area contributed by atoms with Crippen LogP contribution in [0.5, 0.6) is 5.75 Å². The first-order valence-electron chi connectivity index (χ1n) is 9.28. The van der Waals surface area contributed by atoms with Crippen molar-refractivity contribution in [2.45, 2.75) is 25.6 Å². The lowest BCUT2D eigenvalue weighted by molar-refractivity contribution is -0.113. The van der Waals surface area contributed by atoms with Crippen molar-refractivity contribution in [3.05, 3.63) is 63.9 Å². The van der Waals surface area contributed by atoms with E-state index in [0.29, 0.717) is 22.2 Å². The van der Waals surface area contributed by atoms with Gasteiger partial charge in [-0.1, -0.05) is 35.5 Å². The summed E-state index contributed by atoms with van der Waals surface area (Å²) >= 11 is 7.22. The van der Waals surface area contributed by atoms with Crippen molar-refractivity contribution in [2.75, 3.05) is 11.1 Å². The van der Waals surface area contributed by atoms with Crippen molar-refractivity contribution in [1.82, 2.24) is 14.8 Å². The van der Waals surface area contributed by atoms with Crippen LogP contribution in [-0.4, -0.2) is 37.5 Å². The summed E-state index contributed by atoms with van der Waals surface area (Å²) in [7, 11) is 1.80. The van der Waals surface area contributed by atoms with Gasteiger partial charge in [-0.3, -0.25) is 4.79 Å². The molecule has 3 rings (SSSR count). The van der Waals surface area contributed by atoms with E-state index in [1.54, 1.807) is 24.6 Å². The number of aryl methyl sites for hydroxylation is 2. The van der Waals surface area contributed by atoms with Gasteiger partial charge in [-0.2, -0.15) is 0 Å². The topological polar surface area (TPSA) is 106 Å². The van der Waals surface area contributed by atoms with E-state index in [2.05, 4.69) is 15.5 Å². The van der Waals surface area contributed by atoms with Crippen LogP contribution in [0.15, 0.2) is 41.6 Å². The number of rotatable bonds is 8. The number of aromatic carboxylic acids is 1. The Balaban J connectivity index is 1.58. The summed E-state index contributed by atoms with van der Waals surface area (Å²) in [5.74, 6) is -0.00415. The highest BCUT2D eigenvalue weighted by Crippen LogP contribution is 2.26. The first-order chi connectivity index (χ1) is 14.7. The summed E-state index contributed by atoms with van der Waals surface area (Å²) in [4.78, 5) is 23.6. The lowest BCUT2D eigenvalue weighted by atomic mass is 10.1. The minimum absolute atomic E-state index is 0.0591. The van der Waals surface area contributed by atoms with Gasteiger partial charge >= 0.3 is 5.97 Å². The van der Waals surface area contributed by atoms with Gasteiger partial charge in [-0.05, 0) is 49.2 Å². The number of carboxylic acid groups (broad SMARTS) is 1. The largest absolute Gasteiger partial charge is 0.486 e. The number of halogens is 1. The number of nitrogens with zero attached hydrogens (tertiary/aromatic N) is 3. The molecule has 0 fully saturated rings. The summed E-state index contributed by atoms with van der Waals surface area (Å²) in [6.45, 7) is 3.92. The Morgan fingerprint density at radius 1 is 1.23 bits per heavy atom. The number of ether oxygens (including phenoxy) is 1. The Labute approximate surface area is 188 Å². The average Bonchev–Trinajstić information content (AvgIpc) is 3.07. The fourth-order valence-electron chi connectivity index (χ4n) is 2.77. The molecule has 1 amide bonds. The van der Waals surface area contributed by atoms with Gasteiger partial charge in [-0.25, -0.2) is 4.79 Å². The fraction of sp³-hybridized carbons (Fsp3) is 0.238. The molecule has 1 heterocycles. The van der Waals surface area contributed by atoms with E-state index >= 15 is 0 Å². The summed E-state index contributed by atoms with van der Waals surface area (Å²) < 4.78 is 7.52. The van der Waals surface area contributed by atoms with E-state index in [0.717, 1.165) is 11.3 Å². The van der Waals surface area contributed by atoms with Gasteiger partial charge in [-0.15, -0.1) is 10.2 Å². The molecule has 0 aliphatic heterocycles. The predicted molar refractivity (Wildman–Crippen MR) is 119 cm³/mol. The van der Waals surface area contributed by atoms with Gasteiger partial charge in [0.25, 0.3) is 0 Å². The number of aromatic nitrogens is 3. The highest BCUT2D eigenvalue weighted by molar-refractivity contribution is 7.99. The second kappa shape index (κ2) is 9.84. The third-order valence-electron chi connectivity index (χ3n) is 4.38. The molecule has 162 valence electrons. The van der Waals surface area contributed by atoms with Crippen LogP contribution < -0.4 is 10.1 Å². The molecular formula is C21H21ClN4O4S. The standard InChI is InChI=1S/C21H21ClN4O4S/c1-12-5-4-6-15(7-12)30-10-17-24-25-21(26(17)3)31-11-18(27)23-14-8-13(2)19(22)16(9-14)20(28)29/h4-9H,10-11H2,1-3H3,(H,23,27)(H,28,29). The molecule has 0 spiro atoms. The smallest absolute Gasteiger partial charge is 0.337 e. The highest BCUT2D eigenvalue weighted by Gasteiger charge is 2.15. The monoisotopic (exact) mass is 460 g/mol. The normalized spacial score (nSPS) is 10.7. The van der Waals surface area contributed by atoms with Gasteiger partial charge in [0, 0.05) is 12.7 Å². The molecule has 0 saturated carbocycles. The van der Waals surface area contributed by atoms with Crippen molar-refractivity contribution in [1.29, 1.82) is 0 Å². The number of amides is 1. The van der Waals surface area contributed by atoms with Gasteiger partial charge in [0.2, 0.25) is 5.91 Å². The molecular weight excluding hydrogens is 440 g/mol. The second-order valence-electron chi connectivity index (χ2n) is 6.86. The van der Waals surface area contributed by atoms with E-state index in [1.807, 2.05) is 31.2 Å². The minimum atomic E-state index is -1.15. The Hall–Kier alpha value is -3.04. The Kier molecular flexibility index (Phi) is 7.19. The molecule has 2 N–H and O–H groups in total. The second-order valence-corrected chi connectivity index (χ2v) is 8.18. The number of carbonyl (C=O) groups is 2. The molecule has 0 radical (unpaired) electrons. The highest BCUT2D eigenvalue weighted by atomic mass is 35.5. The number of carboxylic acids is 1. The molecule has 10 heteroatoms. The van der Waals surface area contributed by atoms with Crippen LogP contribution in [0.1, 0.15) is 27.3 Å². The molecule has 1 aromatic heterocycles. The number of carbonyl (C=O) groups excluding carboxylic acids is 1. The van der Waals surface area contributed by atoms with Crippen molar-refractivity contribution >= 4 is 40.9 Å². The number of nitrogens with one attached hydrogen (secondary N) is 1. The quantitative estimate of drug-likeness (QED) is 0.487. The van der Waals surface area contributed by atoms with Crippen molar-refractivity contribution in [3.8, 4) is 5.75 Å². The van der Waals surface area contributed by atoms with E-state index in [9.17, 15) is 14.7 Å². The number of hydrogen-bond donors (Lipinski definition) is 2. The lowest BCUT2D eigenvalue weighted by Crippen LogP contribution is -2.15. The average molecular weight is 461 g/mol. The van der Waals surface area contributed by atoms with E-state index in [4.69, 9.17) is 16.3 Å². The molecule has 0 aliphatic carbocycles. The maximum Gasteiger partial charge on any atom is 0.337 e. The number of anilines is 1. The molecule has 3 aromatic rings. The number of thioether (sulfide) groups is 1. The van der Waals surface area contributed by atoms with Crippen LogP contribution >= 0.6 is 23.4 Å². The molecule has 2 aromatic carbocycles. The number of benzene rings is 2. The van der Waals surface area contributed by atoms with Crippen LogP contribution in [0.3, 0.4) is 0 Å². The summed E-state index contributed by atoms with van der Waals surface area (Å²) in [6, 6.07) is 10.7. The first-order valence-corrected chi connectivity index (χ1v) is 10.6.